The van der Waals surface area contributed by atoms with E-state index < -0.39 is 9.67 Å². The smallest absolute Gasteiger partial charge is 0.136 e. The number of rotatable bonds is 9. The molecule has 0 bridgehead atoms. The van der Waals surface area contributed by atoms with Gasteiger partial charge in [-0.1, -0.05) is 20.8 Å². The van der Waals surface area contributed by atoms with Crippen LogP contribution in [0.4, 0.5) is 0 Å². The predicted octanol–water partition coefficient (Wildman–Crippen LogP) is 6.09. The summed E-state index contributed by atoms with van der Waals surface area (Å²) in [5.41, 5.74) is 0. The molecule has 7 heteroatoms. The van der Waals surface area contributed by atoms with Gasteiger partial charge in [-0.05, 0) is 18.3 Å². The highest BCUT2D eigenvalue weighted by molar-refractivity contribution is 7.09. The lowest BCUT2D eigenvalue weighted by atomic mass is 9.82. The number of halogens is 4. The lowest BCUT2D eigenvalue weighted by Gasteiger charge is -2.26. The third-order valence-corrected chi connectivity index (χ3v) is 6.52. The van der Waals surface area contributed by atoms with Crippen LogP contribution in [0.15, 0.2) is 11.6 Å². The van der Waals surface area contributed by atoms with Crippen LogP contribution in [0.25, 0.3) is 0 Å². The fourth-order valence-electron chi connectivity index (χ4n) is 2.26. The molecule has 0 amide bonds. The van der Waals surface area contributed by atoms with Gasteiger partial charge in [-0.3, -0.25) is 4.79 Å². The maximum absolute atomic E-state index is 12.5. The lowest BCUT2D eigenvalue weighted by Crippen LogP contribution is -2.25. The van der Waals surface area contributed by atoms with Crippen LogP contribution in [0.1, 0.15) is 44.5 Å². The van der Waals surface area contributed by atoms with Crippen LogP contribution in [0.2, 0.25) is 0 Å². The second-order valence-electron chi connectivity index (χ2n) is 5.80. The van der Waals surface area contributed by atoms with Gasteiger partial charge in [0.1, 0.15) is 15.5 Å². The predicted molar refractivity (Wildman–Crippen MR) is 97.6 cm³/mol. The number of Topliss-reactive ketones (excluding diaryl/α,β-unsaturated/α-hetero) is 1. The van der Waals surface area contributed by atoms with Crippen molar-refractivity contribution in [3.05, 3.63) is 16.6 Å². The normalized spacial score (nSPS) is 17.5. The zero-order valence-corrected chi connectivity index (χ0v) is 16.6. The molecule has 1 aromatic rings. The largest absolute Gasteiger partial charge is 0.299 e. The van der Waals surface area contributed by atoms with E-state index in [4.69, 9.17) is 46.4 Å². The Morgan fingerprint density at radius 3 is 2.18 bits per heavy atom. The van der Waals surface area contributed by atoms with E-state index in [9.17, 15) is 4.79 Å². The van der Waals surface area contributed by atoms with Gasteiger partial charge < -0.3 is 0 Å². The summed E-state index contributed by atoms with van der Waals surface area (Å²) in [5, 5.41) is 2.86. The van der Waals surface area contributed by atoms with Crippen LogP contribution in [-0.2, 0) is 4.79 Å². The zero-order chi connectivity index (χ0) is 16.9. The summed E-state index contributed by atoms with van der Waals surface area (Å²) in [6, 6.07) is 0. The molecule has 1 rings (SSSR count). The first kappa shape index (κ1) is 20.5. The molecule has 1 unspecified atom stereocenters. The van der Waals surface area contributed by atoms with E-state index in [1.54, 1.807) is 17.5 Å². The van der Waals surface area contributed by atoms with Gasteiger partial charge in [-0.15, -0.1) is 57.7 Å². The van der Waals surface area contributed by atoms with Crippen LogP contribution in [-0.4, -0.2) is 20.4 Å². The van der Waals surface area contributed by atoms with Crippen molar-refractivity contribution in [3.63, 3.8) is 0 Å². The monoisotopic (exact) mass is 403 g/mol. The number of ketones is 1. The second-order valence-corrected chi connectivity index (χ2v) is 9.05. The maximum Gasteiger partial charge on any atom is 0.136 e. The molecular formula is C15H21Cl4NOS. The number of aromatic nitrogens is 1. The third kappa shape index (κ3) is 6.16. The first-order valence-electron chi connectivity index (χ1n) is 7.22. The van der Waals surface area contributed by atoms with Gasteiger partial charge in [0.25, 0.3) is 0 Å². The number of nitrogens with zero attached hydrogens (tertiary/aromatic N) is 1. The van der Waals surface area contributed by atoms with Crippen molar-refractivity contribution >= 4 is 63.5 Å². The number of hydrogen-bond donors (Lipinski definition) is 0. The Balaban J connectivity index is 2.84. The van der Waals surface area contributed by atoms with E-state index in [1.807, 2.05) is 26.2 Å². The molecule has 2 nitrogen and oxygen atoms in total. The zero-order valence-electron chi connectivity index (χ0n) is 12.8. The fourth-order valence-corrected chi connectivity index (χ4v) is 3.50. The second kappa shape index (κ2) is 9.68. The van der Waals surface area contributed by atoms with E-state index >= 15 is 0 Å². The Hall–Kier alpha value is 0.460. The molecule has 0 saturated carbocycles. The first-order valence-corrected chi connectivity index (χ1v) is 9.85. The Labute approximate surface area is 156 Å². The van der Waals surface area contributed by atoms with Gasteiger partial charge >= 0.3 is 0 Å². The van der Waals surface area contributed by atoms with Crippen molar-refractivity contribution < 1.29 is 4.79 Å². The molecule has 0 saturated heterocycles. The molecule has 1 heterocycles. The molecule has 0 aliphatic rings. The number of thiazole rings is 1. The van der Waals surface area contributed by atoms with Crippen LogP contribution >= 0.6 is 57.7 Å². The van der Waals surface area contributed by atoms with Crippen LogP contribution in [0.5, 0.6) is 0 Å². The average Bonchev–Trinajstić information content (AvgIpc) is 2.97. The SMILES string of the molecule is CC(C(=O)C[C@H](C)C(Cl)Cl)[C@@H](C[C@H](C)C(Cl)Cl)c1nccs1. The molecule has 0 aliphatic carbocycles. The molecule has 126 valence electrons. The van der Waals surface area contributed by atoms with Crippen molar-refractivity contribution in [2.24, 2.45) is 17.8 Å². The quantitative estimate of drug-likeness (QED) is 0.466. The summed E-state index contributed by atoms with van der Waals surface area (Å²) in [6.07, 6.45) is 2.84. The summed E-state index contributed by atoms with van der Waals surface area (Å²) in [4.78, 5) is 15.9. The number of hydrogen-bond acceptors (Lipinski definition) is 3. The van der Waals surface area contributed by atoms with Crippen molar-refractivity contribution in [1.82, 2.24) is 4.98 Å². The van der Waals surface area contributed by atoms with Crippen molar-refractivity contribution in [1.29, 1.82) is 0 Å². The van der Waals surface area contributed by atoms with Gasteiger partial charge in [-0.2, -0.15) is 0 Å². The lowest BCUT2D eigenvalue weighted by molar-refractivity contribution is -0.123. The summed E-state index contributed by atoms with van der Waals surface area (Å²) < 4.78 is 0. The molecular weight excluding hydrogens is 384 g/mol. The van der Waals surface area contributed by atoms with Crippen LogP contribution < -0.4 is 0 Å². The highest BCUT2D eigenvalue weighted by Gasteiger charge is 2.31. The summed E-state index contributed by atoms with van der Waals surface area (Å²) in [5.74, 6) is 0.000996. The highest BCUT2D eigenvalue weighted by Crippen LogP contribution is 2.36. The van der Waals surface area contributed by atoms with Crippen LogP contribution in [0.3, 0.4) is 0 Å². The van der Waals surface area contributed by atoms with E-state index in [0.717, 1.165) is 11.4 Å². The number of carbonyl (C=O) groups excluding carboxylic acids is 1. The molecule has 0 aliphatic heterocycles. The molecule has 0 radical (unpaired) electrons. The fraction of sp³-hybridized carbons (Fsp3) is 0.733. The summed E-state index contributed by atoms with van der Waals surface area (Å²) >= 11 is 25.2. The standard InChI is InChI=1S/C15H21Cl4NOS/c1-8(13(16)17)6-11(15-20-4-5-22-15)10(3)12(21)7-9(2)14(18)19/h4-5,8-11,13-14H,6-7H2,1-3H3/t8-,9-,10?,11+/m0/s1. The molecule has 22 heavy (non-hydrogen) atoms. The highest BCUT2D eigenvalue weighted by atomic mass is 35.5. The van der Waals surface area contributed by atoms with Crippen molar-refractivity contribution in [2.75, 3.05) is 0 Å². The Morgan fingerprint density at radius 1 is 1.14 bits per heavy atom. The molecule has 4 atom stereocenters. The minimum atomic E-state index is -0.538. The van der Waals surface area contributed by atoms with Gasteiger partial charge in [0.2, 0.25) is 0 Å². The van der Waals surface area contributed by atoms with Gasteiger partial charge in [-0.25, -0.2) is 4.98 Å². The molecule has 0 spiro atoms. The summed E-state index contributed by atoms with van der Waals surface area (Å²) in [6.45, 7) is 5.80. The molecule has 0 N–H and O–H groups in total. The molecule has 0 fully saturated rings. The minimum Gasteiger partial charge on any atom is -0.299 e. The summed E-state index contributed by atoms with van der Waals surface area (Å²) in [7, 11) is 0. The van der Waals surface area contributed by atoms with Crippen molar-refractivity contribution in [2.45, 2.75) is 49.2 Å². The number of carbonyl (C=O) groups is 1. The Morgan fingerprint density at radius 2 is 1.73 bits per heavy atom. The minimum absolute atomic E-state index is 0.0128. The first-order chi connectivity index (χ1) is 10.2. The van der Waals surface area contributed by atoms with E-state index in [0.29, 0.717) is 6.42 Å². The van der Waals surface area contributed by atoms with Gasteiger partial charge in [0, 0.05) is 29.8 Å². The van der Waals surface area contributed by atoms with Gasteiger partial charge in [0.05, 0.1) is 5.01 Å². The van der Waals surface area contributed by atoms with E-state index in [-0.39, 0.29) is 29.5 Å². The van der Waals surface area contributed by atoms with E-state index in [2.05, 4.69) is 4.98 Å². The van der Waals surface area contributed by atoms with Gasteiger partial charge in [0.15, 0.2) is 0 Å². The third-order valence-electron chi connectivity index (χ3n) is 3.89. The van der Waals surface area contributed by atoms with Crippen molar-refractivity contribution in [3.8, 4) is 0 Å². The van der Waals surface area contributed by atoms with Crippen LogP contribution in [0, 0.1) is 17.8 Å². The van der Waals surface area contributed by atoms with E-state index in [1.165, 1.54) is 0 Å². The topological polar surface area (TPSA) is 30.0 Å². The Kier molecular flexibility index (Phi) is 9.02. The number of alkyl halides is 4. The average molecular weight is 405 g/mol. The maximum atomic E-state index is 12.5. The molecule has 1 aromatic heterocycles. The molecule has 0 aromatic carbocycles. The Bertz CT molecular complexity index is 452.